The summed E-state index contributed by atoms with van der Waals surface area (Å²) in [6.45, 7) is 2.96. The number of hydrogen-bond acceptors (Lipinski definition) is 3. The van der Waals surface area contributed by atoms with Crippen LogP contribution in [-0.4, -0.2) is 18.6 Å². The van der Waals surface area contributed by atoms with Crippen LogP contribution in [0.1, 0.15) is 11.1 Å². The van der Waals surface area contributed by atoms with Gasteiger partial charge in [-0.1, -0.05) is 6.07 Å². The van der Waals surface area contributed by atoms with E-state index in [-0.39, 0.29) is 0 Å². The van der Waals surface area contributed by atoms with Crippen LogP contribution in [0.15, 0.2) is 42.7 Å². The molecule has 0 amide bonds. The van der Waals surface area contributed by atoms with E-state index in [1.807, 2.05) is 36.7 Å². The van der Waals surface area contributed by atoms with Gasteiger partial charge in [0.2, 0.25) is 0 Å². The number of aryl methyl sites for hydroxylation is 1. The van der Waals surface area contributed by atoms with Gasteiger partial charge in [-0.15, -0.1) is 0 Å². The second-order valence-electron chi connectivity index (χ2n) is 4.24. The van der Waals surface area contributed by atoms with Gasteiger partial charge in [-0.2, -0.15) is 0 Å². The van der Waals surface area contributed by atoms with Gasteiger partial charge in [0, 0.05) is 18.9 Å². The molecule has 1 aromatic heterocycles. The highest BCUT2D eigenvalue weighted by molar-refractivity contribution is 5.58. The van der Waals surface area contributed by atoms with E-state index in [4.69, 9.17) is 4.74 Å². The Labute approximate surface area is 108 Å². The fourth-order valence-corrected chi connectivity index (χ4v) is 1.85. The summed E-state index contributed by atoms with van der Waals surface area (Å²) in [5.41, 5.74) is 3.55. The number of ether oxygens (including phenoxy) is 1. The minimum atomic E-state index is 0.879. The molecule has 1 aromatic carbocycles. The molecule has 0 fully saturated rings. The number of anilines is 1. The molecule has 0 saturated carbocycles. The van der Waals surface area contributed by atoms with Gasteiger partial charge >= 0.3 is 0 Å². The Hall–Kier alpha value is -2.03. The first-order chi connectivity index (χ1) is 8.79. The van der Waals surface area contributed by atoms with Crippen molar-refractivity contribution < 1.29 is 4.74 Å². The lowest BCUT2D eigenvalue weighted by Crippen LogP contribution is -2.06. The highest BCUT2D eigenvalue weighted by atomic mass is 16.5. The van der Waals surface area contributed by atoms with Crippen molar-refractivity contribution in [3.8, 4) is 5.75 Å². The normalized spacial score (nSPS) is 10.1. The van der Waals surface area contributed by atoms with Crippen molar-refractivity contribution in [2.45, 2.75) is 13.3 Å². The summed E-state index contributed by atoms with van der Waals surface area (Å²) >= 11 is 0. The van der Waals surface area contributed by atoms with Gasteiger partial charge in [0.25, 0.3) is 0 Å². The Morgan fingerprint density at radius 1 is 1.17 bits per heavy atom. The molecule has 18 heavy (non-hydrogen) atoms. The fourth-order valence-electron chi connectivity index (χ4n) is 1.85. The van der Waals surface area contributed by atoms with E-state index in [1.54, 1.807) is 7.11 Å². The molecule has 0 aliphatic heterocycles. The first kappa shape index (κ1) is 12.4. The van der Waals surface area contributed by atoms with Crippen LogP contribution < -0.4 is 10.1 Å². The second-order valence-corrected chi connectivity index (χ2v) is 4.24. The fraction of sp³-hybridized carbons (Fsp3) is 0.267. The van der Waals surface area contributed by atoms with Gasteiger partial charge in [0.1, 0.15) is 5.75 Å². The lowest BCUT2D eigenvalue weighted by atomic mass is 10.2. The third-order valence-corrected chi connectivity index (χ3v) is 2.83. The number of hydrogen-bond donors (Lipinski definition) is 1. The molecule has 2 rings (SSSR count). The topological polar surface area (TPSA) is 34.1 Å². The molecule has 0 unspecified atom stereocenters. The summed E-state index contributed by atoms with van der Waals surface area (Å²) in [7, 11) is 1.69. The van der Waals surface area contributed by atoms with E-state index in [2.05, 4.69) is 23.3 Å². The summed E-state index contributed by atoms with van der Waals surface area (Å²) < 4.78 is 5.33. The molecule has 1 heterocycles. The van der Waals surface area contributed by atoms with Crippen LogP contribution in [0.25, 0.3) is 0 Å². The molecule has 0 atom stereocenters. The zero-order chi connectivity index (χ0) is 12.8. The molecule has 2 aromatic rings. The Bertz CT molecular complexity index is 497. The minimum Gasteiger partial charge on any atom is -0.495 e. The maximum atomic E-state index is 5.33. The first-order valence-corrected chi connectivity index (χ1v) is 6.07. The van der Waals surface area contributed by atoms with E-state index < -0.39 is 0 Å². The third-order valence-electron chi connectivity index (χ3n) is 2.83. The molecule has 3 heteroatoms. The minimum absolute atomic E-state index is 0.879. The largest absolute Gasteiger partial charge is 0.495 e. The van der Waals surface area contributed by atoms with E-state index in [0.29, 0.717) is 0 Å². The molecule has 1 N–H and O–H groups in total. The second kappa shape index (κ2) is 6.05. The molecule has 0 aliphatic carbocycles. The number of rotatable bonds is 5. The summed E-state index contributed by atoms with van der Waals surface area (Å²) in [6.07, 6.45) is 4.62. The van der Waals surface area contributed by atoms with Gasteiger partial charge < -0.3 is 10.1 Å². The maximum absolute atomic E-state index is 5.33. The number of benzene rings is 1. The standard InChI is InChI=1S/C15H18N2O/c1-12-3-4-15(18-2)14(11-12)17-10-7-13-5-8-16-9-6-13/h3-6,8-9,11,17H,7,10H2,1-2H3. The summed E-state index contributed by atoms with van der Waals surface area (Å²) in [5, 5.41) is 3.41. The van der Waals surface area contributed by atoms with Crippen molar-refractivity contribution >= 4 is 5.69 Å². The lowest BCUT2D eigenvalue weighted by molar-refractivity contribution is 0.416. The van der Waals surface area contributed by atoms with Gasteiger partial charge in [-0.05, 0) is 48.7 Å². The molecule has 3 nitrogen and oxygen atoms in total. The summed E-state index contributed by atoms with van der Waals surface area (Å²) in [4.78, 5) is 4.01. The van der Waals surface area contributed by atoms with Crippen LogP contribution in [-0.2, 0) is 6.42 Å². The van der Waals surface area contributed by atoms with Crippen molar-refractivity contribution in [2.24, 2.45) is 0 Å². The monoisotopic (exact) mass is 242 g/mol. The number of nitrogens with one attached hydrogen (secondary N) is 1. The number of aromatic nitrogens is 1. The molecule has 0 saturated heterocycles. The van der Waals surface area contributed by atoms with Crippen molar-refractivity contribution in [1.29, 1.82) is 0 Å². The summed E-state index contributed by atoms with van der Waals surface area (Å²) in [5.74, 6) is 0.885. The third kappa shape index (κ3) is 3.23. The highest BCUT2D eigenvalue weighted by Crippen LogP contribution is 2.24. The van der Waals surface area contributed by atoms with Gasteiger partial charge in [-0.3, -0.25) is 4.98 Å². The van der Waals surface area contributed by atoms with E-state index in [0.717, 1.165) is 24.4 Å². The maximum Gasteiger partial charge on any atom is 0.141 e. The van der Waals surface area contributed by atoms with Gasteiger partial charge in [0.05, 0.1) is 12.8 Å². The van der Waals surface area contributed by atoms with E-state index in [9.17, 15) is 0 Å². The van der Waals surface area contributed by atoms with Crippen molar-refractivity contribution in [3.63, 3.8) is 0 Å². The Morgan fingerprint density at radius 3 is 2.67 bits per heavy atom. The van der Waals surface area contributed by atoms with Crippen LogP contribution in [0.5, 0.6) is 5.75 Å². The Kier molecular flexibility index (Phi) is 4.18. The van der Waals surface area contributed by atoms with Gasteiger partial charge in [0.15, 0.2) is 0 Å². The average Bonchev–Trinajstić information content (AvgIpc) is 2.40. The zero-order valence-corrected chi connectivity index (χ0v) is 10.8. The van der Waals surface area contributed by atoms with Crippen LogP contribution in [0.4, 0.5) is 5.69 Å². The molecular weight excluding hydrogens is 224 g/mol. The van der Waals surface area contributed by atoms with E-state index >= 15 is 0 Å². The molecule has 0 aliphatic rings. The van der Waals surface area contributed by atoms with Crippen molar-refractivity contribution in [2.75, 3.05) is 19.0 Å². The molecule has 94 valence electrons. The Balaban J connectivity index is 1.96. The van der Waals surface area contributed by atoms with E-state index in [1.165, 1.54) is 11.1 Å². The summed E-state index contributed by atoms with van der Waals surface area (Å²) in [6, 6.07) is 10.2. The average molecular weight is 242 g/mol. The number of methoxy groups -OCH3 is 1. The molecule has 0 bridgehead atoms. The SMILES string of the molecule is COc1ccc(C)cc1NCCc1ccncc1. The lowest BCUT2D eigenvalue weighted by Gasteiger charge is -2.11. The smallest absolute Gasteiger partial charge is 0.141 e. The Morgan fingerprint density at radius 2 is 1.94 bits per heavy atom. The molecule has 0 radical (unpaired) electrons. The first-order valence-electron chi connectivity index (χ1n) is 6.07. The van der Waals surface area contributed by atoms with Crippen LogP contribution in [0, 0.1) is 6.92 Å². The van der Waals surface area contributed by atoms with Crippen LogP contribution >= 0.6 is 0 Å². The zero-order valence-electron chi connectivity index (χ0n) is 10.8. The number of nitrogens with zero attached hydrogens (tertiary/aromatic N) is 1. The number of pyridine rings is 1. The highest BCUT2D eigenvalue weighted by Gasteiger charge is 2.02. The molecular formula is C15H18N2O. The van der Waals surface area contributed by atoms with Gasteiger partial charge in [-0.25, -0.2) is 0 Å². The van der Waals surface area contributed by atoms with Crippen molar-refractivity contribution in [3.05, 3.63) is 53.9 Å². The van der Waals surface area contributed by atoms with Crippen molar-refractivity contribution in [1.82, 2.24) is 4.98 Å². The van der Waals surface area contributed by atoms with Crippen LogP contribution in [0.3, 0.4) is 0 Å². The predicted octanol–water partition coefficient (Wildman–Crippen LogP) is 3.05. The van der Waals surface area contributed by atoms with Crippen LogP contribution in [0.2, 0.25) is 0 Å². The predicted molar refractivity (Wildman–Crippen MR) is 74.2 cm³/mol. The molecule has 0 spiro atoms. The quantitative estimate of drug-likeness (QED) is 0.875.